The van der Waals surface area contributed by atoms with Crippen molar-refractivity contribution in [3.8, 4) is 17.1 Å². The fourth-order valence-corrected chi connectivity index (χ4v) is 3.14. The third-order valence-electron chi connectivity index (χ3n) is 4.80. The Morgan fingerprint density at radius 1 is 1.07 bits per heavy atom. The van der Waals surface area contributed by atoms with E-state index < -0.39 is 0 Å². The Hall–Kier alpha value is -3.15. The summed E-state index contributed by atoms with van der Waals surface area (Å²) in [6, 6.07) is 17.7. The van der Waals surface area contributed by atoms with Crippen LogP contribution in [0.4, 0.5) is 0 Å². The van der Waals surface area contributed by atoms with E-state index in [1.54, 1.807) is 7.11 Å². The summed E-state index contributed by atoms with van der Waals surface area (Å²) in [7, 11) is 1.63. The second-order valence-corrected chi connectivity index (χ2v) is 7.16. The van der Waals surface area contributed by atoms with Crippen LogP contribution in [0.2, 0.25) is 0 Å². The van der Waals surface area contributed by atoms with Gasteiger partial charge < -0.3 is 14.2 Å². The lowest BCUT2D eigenvalue weighted by molar-refractivity contribution is -0.132. The molecule has 6 nitrogen and oxygen atoms in total. The van der Waals surface area contributed by atoms with Crippen LogP contribution < -0.4 is 4.74 Å². The first-order chi connectivity index (χ1) is 14.1. The van der Waals surface area contributed by atoms with Crippen molar-refractivity contribution in [2.75, 3.05) is 13.7 Å². The molecule has 152 valence electrons. The highest BCUT2D eigenvalue weighted by Crippen LogP contribution is 2.20. The van der Waals surface area contributed by atoms with E-state index in [0.717, 1.165) is 17.7 Å². The summed E-state index contributed by atoms with van der Waals surface area (Å²) < 4.78 is 10.6. The second-order valence-electron chi connectivity index (χ2n) is 7.16. The Bertz CT molecular complexity index is 905. The zero-order valence-corrected chi connectivity index (χ0v) is 17.2. The predicted octanol–water partition coefficient (Wildman–Crippen LogP) is 4.16. The van der Waals surface area contributed by atoms with Crippen LogP contribution in [0.25, 0.3) is 11.4 Å². The number of rotatable bonds is 9. The van der Waals surface area contributed by atoms with Crippen LogP contribution in [0, 0.1) is 0 Å². The molecule has 0 spiro atoms. The number of carbonyl (C=O) groups is 1. The molecule has 0 aliphatic heterocycles. The summed E-state index contributed by atoms with van der Waals surface area (Å²) in [4.78, 5) is 19.1. The average molecular weight is 393 g/mol. The standard InChI is InChI=1S/C23H27N3O3/c1-17(2)26(22(27)14-9-18-7-5-4-6-8-18)16-15-21-24-23(25-29-21)19-10-12-20(28-3)13-11-19/h4-8,10-13,17H,9,14-16H2,1-3H3. The Morgan fingerprint density at radius 3 is 2.45 bits per heavy atom. The normalized spacial score (nSPS) is 10.9. The summed E-state index contributed by atoms with van der Waals surface area (Å²) >= 11 is 0. The molecule has 0 bridgehead atoms. The van der Waals surface area contributed by atoms with E-state index in [9.17, 15) is 4.79 Å². The number of carbonyl (C=O) groups excluding carboxylic acids is 1. The van der Waals surface area contributed by atoms with E-state index in [0.29, 0.717) is 31.1 Å². The monoisotopic (exact) mass is 393 g/mol. The SMILES string of the molecule is COc1ccc(-c2noc(CCN(C(=O)CCc3ccccc3)C(C)C)n2)cc1. The van der Waals surface area contributed by atoms with Gasteiger partial charge in [-0.25, -0.2) is 0 Å². The zero-order valence-electron chi connectivity index (χ0n) is 17.2. The number of amides is 1. The van der Waals surface area contributed by atoms with Crippen LogP contribution in [0.5, 0.6) is 5.75 Å². The molecule has 0 fully saturated rings. The van der Waals surface area contributed by atoms with E-state index in [1.165, 1.54) is 5.56 Å². The topological polar surface area (TPSA) is 68.5 Å². The molecule has 29 heavy (non-hydrogen) atoms. The van der Waals surface area contributed by atoms with Crippen molar-refractivity contribution in [1.29, 1.82) is 0 Å². The highest BCUT2D eigenvalue weighted by Gasteiger charge is 2.18. The van der Waals surface area contributed by atoms with Gasteiger partial charge in [-0.2, -0.15) is 4.98 Å². The van der Waals surface area contributed by atoms with Crippen LogP contribution >= 0.6 is 0 Å². The van der Waals surface area contributed by atoms with Gasteiger partial charge in [0.25, 0.3) is 0 Å². The molecule has 0 unspecified atom stereocenters. The molecular weight excluding hydrogens is 366 g/mol. The van der Waals surface area contributed by atoms with Gasteiger partial charge in [-0.15, -0.1) is 0 Å². The van der Waals surface area contributed by atoms with Gasteiger partial charge in [-0.05, 0) is 50.1 Å². The molecule has 0 aliphatic rings. The number of benzene rings is 2. The number of aromatic nitrogens is 2. The van der Waals surface area contributed by atoms with Crippen molar-refractivity contribution in [2.24, 2.45) is 0 Å². The summed E-state index contributed by atoms with van der Waals surface area (Å²) in [5, 5.41) is 4.06. The van der Waals surface area contributed by atoms with Crippen LogP contribution in [0.3, 0.4) is 0 Å². The second kappa shape index (κ2) is 9.87. The molecule has 3 aromatic rings. The molecule has 0 radical (unpaired) electrons. The van der Waals surface area contributed by atoms with Gasteiger partial charge in [-0.3, -0.25) is 4.79 Å². The quantitative estimate of drug-likeness (QED) is 0.546. The predicted molar refractivity (Wildman–Crippen MR) is 112 cm³/mol. The molecule has 0 N–H and O–H groups in total. The van der Waals surface area contributed by atoms with Gasteiger partial charge in [0.2, 0.25) is 17.6 Å². The molecule has 0 aliphatic carbocycles. The number of hydrogen-bond donors (Lipinski definition) is 0. The molecule has 1 amide bonds. The van der Waals surface area contributed by atoms with E-state index >= 15 is 0 Å². The van der Waals surface area contributed by atoms with Crippen molar-refractivity contribution in [2.45, 2.75) is 39.2 Å². The molecule has 1 aromatic heterocycles. The third-order valence-corrected chi connectivity index (χ3v) is 4.80. The average Bonchev–Trinajstić information content (AvgIpc) is 3.22. The van der Waals surface area contributed by atoms with Crippen molar-refractivity contribution >= 4 is 5.91 Å². The van der Waals surface area contributed by atoms with Crippen molar-refractivity contribution in [3.63, 3.8) is 0 Å². The highest BCUT2D eigenvalue weighted by atomic mass is 16.5. The summed E-state index contributed by atoms with van der Waals surface area (Å²) in [6.45, 7) is 4.60. The summed E-state index contributed by atoms with van der Waals surface area (Å²) in [5.41, 5.74) is 2.03. The minimum Gasteiger partial charge on any atom is -0.497 e. The van der Waals surface area contributed by atoms with Gasteiger partial charge in [0.05, 0.1) is 7.11 Å². The first kappa shape index (κ1) is 20.6. The lowest BCUT2D eigenvalue weighted by Crippen LogP contribution is -2.38. The van der Waals surface area contributed by atoms with E-state index in [-0.39, 0.29) is 11.9 Å². The minimum absolute atomic E-state index is 0.113. The van der Waals surface area contributed by atoms with Crippen LogP contribution in [0.15, 0.2) is 59.1 Å². The Labute approximate surface area is 171 Å². The third kappa shape index (κ3) is 5.67. The number of hydrogen-bond acceptors (Lipinski definition) is 5. The maximum absolute atomic E-state index is 12.7. The maximum Gasteiger partial charge on any atom is 0.228 e. The van der Waals surface area contributed by atoms with E-state index in [2.05, 4.69) is 10.1 Å². The summed E-state index contributed by atoms with van der Waals surface area (Å²) in [5.74, 6) is 1.98. The van der Waals surface area contributed by atoms with E-state index in [1.807, 2.05) is 73.3 Å². The molecule has 1 heterocycles. The Morgan fingerprint density at radius 2 is 1.79 bits per heavy atom. The first-order valence-corrected chi connectivity index (χ1v) is 9.87. The van der Waals surface area contributed by atoms with Gasteiger partial charge in [0.1, 0.15) is 5.75 Å². The lowest BCUT2D eigenvalue weighted by atomic mass is 10.1. The smallest absolute Gasteiger partial charge is 0.228 e. The maximum atomic E-state index is 12.7. The molecule has 0 saturated carbocycles. The van der Waals surface area contributed by atoms with Crippen molar-refractivity contribution in [1.82, 2.24) is 15.0 Å². The molecule has 0 saturated heterocycles. The molecule has 3 rings (SSSR count). The Balaban J connectivity index is 1.57. The summed E-state index contributed by atoms with van der Waals surface area (Å²) in [6.07, 6.45) is 1.76. The van der Waals surface area contributed by atoms with Crippen LogP contribution in [-0.2, 0) is 17.6 Å². The van der Waals surface area contributed by atoms with Gasteiger partial charge in [0.15, 0.2) is 0 Å². The van der Waals surface area contributed by atoms with Crippen LogP contribution in [-0.4, -0.2) is 40.6 Å². The van der Waals surface area contributed by atoms with Crippen LogP contribution in [0.1, 0.15) is 31.7 Å². The largest absolute Gasteiger partial charge is 0.497 e. The fraction of sp³-hybridized carbons (Fsp3) is 0.348. The molecule has 6 heteroatoms. The molecular formula is C23H27N3O3. The first-order valence-electron chi connectivity index (χ1n) is 9.87. The van der Waals surface area contributed by atoms with Crippen molar-refractivity contribution < 1.29 is 14.1 Å². The number of nitrogens with zero attached hydrogens (tertiary/aromatic N) is 3. The number of aryl methyl sites for hydroxylation is 1. The minimum atomic E-state index is 0.113. The van der Waals surface area contributed by atoms with Gasteiger partial charge in [0, 0.05) is 31.0 Å². The fourth-order valence-electron chi connectivity index (χ4n) is 3.14. The van der Waals surface area contributed by atoms with Gasteiger partial charge in [-0.1, -0.05) is 35.5 Å². The number of ether oxygens (including phenoxy) is 1. The lowest BCUT2D eigenvalue weighted by Gasteiger charge is -2.26. The molecule has 0 atom stereocenters. The van der Waals surface area contributed by atoms with E-state index in [4.69, 9.17) is 9.26 Å². The zero-order chi connectivity index (χ0) is 20.6. The highest BCUT2D eigenvalue weighted by molar-refractivity contribution is 5.76. The van der Waals surface area contributed by atoms with Gasteiger partial charge >= 0.3 is 0 Å². The molecule has 2 aromatic carbocycles. The Kier molecular flexibility index (Phi) is 7.00. The van der Waals surface area contributed by atoms with Crippen molar-refractivity contribution in [3.05, 3.63) is 66.1 Å². The number of methoxy groups -OCH3 is 1.